The summed E-state index contributed by atoms with van der Waals surface area (Å²) >= 11 is 7.49. The molecule has 1 aromatic carbocycles. The first-order valence-electron chi connectivity index (χ1n) is 7.78. The molecule has 24 heavy (non-hydrogen) atoms. The molecular formula is C17H19ClN2O3S. The van der Waals surface area contributed by atoms with Gasteiger partial charge in [0, 0.05) is 22.7 Å². The van der Waals surface area contributed by atoms with Crippen molar-refractivity contribution >= 4 is 28.8 Å². The number of amides is 1. The highest BCUT2D eigenvalue weighted by Crippen LogP contribution is 2.23. The molecule has 2 heterocycles. The second kappa shape index (κ2) is 7.51. The molecule has 0 aliphatic carbocycles. The summed E-state index contributed by atoms with van der Waals surface area (Å²) in [6.45, 7) is 3.52. The molecule has 3 rings (SSSR count). The van der Waals surface area contributed by atoms with Crippen LogP contribution in [0, 0.1) is 6.92 Å². The van der Waals surface area contributed by atoms with Gasteiger partial charge < -0.3 is 14.0 Å². The zero-order valence-corrected chi connectivity index (χ0v) is 15.2. The van der Waals surface area contributed by atoms with Crippen LogP contribution in [0.1, 0.15) is 28.1 Å². The number of methoxy groups -OCH3 is 1. The number of nitrogens with zero attached hydrogens (tertiary/aromatic N) is 2. The molecular weight excluding hydrogens is 348 g/mol. The molecule has 0 radical (unpaired) electrons. The highest BCUT2D eigenvalue weighted by Gasteiger charge is 2.18. The maximum atomic E-state index is 12.6. The molecule has 0 unspecified atom stereocenters. The lowest BCUT2D eigenvalue weighted by molar-refractivity contribution is 0.0949. The van der Waals surface area contributed by atoms with Gasteiger partial charge in [0.25, 0.3) is 5.91 Å². The van der Waals surface area contributed by atoms with Crippen molar-refractivity contribution in [3.63, 3.8) is 0 Å². The van der Waals surface area contributed by atoms with Crippen molar-refractivity contribution in [2.24, 2.45) is 4.99 Å². The van der Waals surface area contributed by atoms with E-state index in [1.165, 1.54) is 18.4 Å². The molecule has 0 N–H and O–H groups in total. The Balaban J connectivity index is 1.93. The number of benzene rings is 1. The number of aromatic nitrogens is 1. The average molecular weight is 367 g/mol. The van der Waals surface area contributed by atoms with Crippen LogP contribution in [-0.4, -0.2) is 30.3 Å². The van der Waals surface area contributed by atoms with Crippen LogP contribution in [0.4, 0.5) is 0 Å². The SMILES string of the molecule is COc1ccc(Cl)cc1C(=O)N=c1sc(C)cn1C[C@@H]1CCCO1. The summed E-state index contributed by atoms with van der Waals surface area (Å²) < 4.78 is 12.9. The Hall–Kier alpha value is -1.63. The number of ether oxygens (including phenoxy) is 2. The lowest BCUT2D eigenvalue weighted by atomic mass is 10.2. The fraction of sp³-hybridized carbons (Fsp3) is 0.412. The van der Waals surface area contributed by atoms with Crippen molar-refractivity contribution in [1.29, 1.82) is 0 Å². The molecule has 1 saturated heterocycles. The van der Waals surface area contributed by atoms with Gasteiger partial charge in [0.15, 0.2) is 4.80 Å². The van der Waals surface area contributed by atoms with Gasteiger partial charge in [-0.15, -0.1) is 11.3 Å². The maximum absolute atomic E-state index is 12.6. The number of carbonyl (C=O) groups is 1. The molecule has 1 aromatic heterocycles. The van der Waals surface area contributed by atoms with Crippen LogP contribution in [0.5, 0.6) is 5.75 Å². The van der Waals surface area contributed by atoms with E-state index in [1.54, 1.807) is 18.2 Å². The molecule has 1 amide bonds. The normalized spacial score (nSPS) is 18.1. The van der Waals surface area contributed by atoms with Gasteiger partial charge >= 0.3 is 0 Å². The smallest absolute Gasteiger partial charge is 0.283 e. The van der Waals surface area contributed by atoms with Crippen LogP contribution in [0.3, 0.4) is 0 Å². The predicted molar refractivity (Wildman–Crippen MR) is 93.9 cm³/mol. The lowest BCUT2D eigenvalue weighted by Crippen LogP contribution is -2.23. The van der Waals surface area contributed by atoms with Crippen LogP contribution in [-0.2, 0) is 11.3 Å². The van der Waals surface area contributed by atoms with Crippen molar-refractivity contribution in [1.82, 2.24) is 4.57 Å². The van der Waals surface area contributed by atoms with Gasteiger partial charge in [0.2, 0.25) is 0 Å². The van der Waals surface area contributed by atoms with E-state index in [-0.39, 0.29) is 12.0 Å². The first kappa shape index (κ1) is 17.2. The standard InChI is InChI=1S/C17H19ClN2O3S/c1-11-9-20(10-13-4-3-7-23-13)17(24-11)19-16(21)14-8-12(18)5-6-15(14)22-2/h5-6,8-9,13H,3-4,7,10H2,1-2H3/t13-/m0/s1. The number of rotatable bonds is 4. The Morgan fingerprint density at radius 3 is 3.08 bits per heavy atom. The van der Waals surface area contributed by atoms with E-state index in [2.05, 4.69) is 4.99 Å². The Morgan fingerprint density at radius 2 is 2.38 bits per heavy atom. The van der Waals surface area contributed by atoms with Gasteiger partial charge in [-0.25, -0.2) is 0 Å². The Labute approximate surface area is 149 Å². The molecule has 2 aromatic rings. The summed E-state index contributed by atoms with van der Waals surface area (Å²) in [5, 5.41) is 0.476. The lowest BCUT2D eigenvalue weighted by Gasteiger charge is -2.10. The third-order valence-corrected chi connectivity index (χ3v) is 5.02. The molecule has 1 aliphatic heterocycles. The van der Waals surface area contributed by atoms with E-state index < -0.39 is 0 Å². The van der Waals surface area contributed by atoms with Crippen LogP contribution >= 0.6 is 22.9 Å². The molecule has 128 valence electrons. The molecule has 1 aliphatic rings. The molecule has 5 nitrogen and oxygen atoms in total. The van der Waals surface area contributed by atoms with Crippen LogP contribution < -0.4 is 9.54 Å². The predicted octanol–water partition coefficient (Wildman–Crippen LogP) is 3.44. The monoisotopic (exact) mass is 366 g/mol. The quantitative estimate of drug-likeness (QED) is 0.832. The summed E-state index contributed by atoms with van der Waals surface area (Å²) in [5.41, 5.74) is 0.361. The second-order valence-electron chi connectivity index (χ2n) is 5.67. The minimum Gasteiger partial charge on any atom is -0.496 e. The van der Waals surface area contributed by atoms with Crippen molar-refractivity contribution in [2.75, 3.05) is 13.7 Å². The third kappa shape index (κ3) is 3.88. The second-order valence-corrected chi connectivity index (χ2v) is 7.32. The number of hydrogen-bond donors (Lipinski definition) is 0. The summed E-state index contributed by atoms with van der Waals surface area (Å²) in [4.78, 5) is 18.6. The third-order valence-electron chi connectivity index (χ3n) is 3.85. The summed E-state index contributed by atoms with van der Waals surface area (Å²) in [6.07, 6.45) is 4.32. The van der Waals surface area contributed by atoms with E-state index in [9.17, 15) is 4.79 Å². The van der Waals surface area contributed by atoms with E-state index >= 15 is 0 Å². The first-order valence-corrected chi connectivity index (χ1v) is 8.97. The van der Waals surface area contributed by atoms with Crippen LogP contribution in [0.2, 0.25) is 5.02 Å². The number of aryl methyl sites for hydroxylation is 1. The topological polar surface area (TPSA) is 52.8 Å². The number of carbonyl (C=O) groups excluding carboxylic acids is 1. The van der Waals surface area contributed by atoms with E-state index in [0.29, 0.717) is 27.7 Å². The van der Waals surface area contributed by atoms with Gasteiger partial charge in [-0.3, -0.25) is 4.79 Å². The minimum atomic E-state index is -0.364. The Bertz CT molecular complexity index is 806. The Kier molecular flexibility index (Phi) is 5.38. The molecule has 7 heteroatoms. The van der Waals surface area contributed by atoms with Crippen LogP contribution in [0.25, 0.3) is 0 Å². The van der Waals surface area contributed by atoms with Crippen molar-refractivity contribution in [3.05, 3.63) is 44.7 Å². The van der Waals surface area contributed by atoms with Gasteiger partial charge in [-0.05, 0) is 38.0 Å². The zero-order chi connectivity index (χ0) is 17.1. The van der Waals surface area contributed by atoms with E-state index in [4.69, 9.17) is 21.1 Å². The maximum Gasteiger partial charge on any atom is 0.283 e. The fourth-order valence-corrected chi connectivity index (χ4v) is 3.74. The number of thiazole rings is 1. The van der Waals surface area contributed by atoms with E-state index in [0.717, 1.165) is 24.3 Å². The van der Waals surface area contributed by atoms with Gasteiger partial charge in [-0.2, -0.15) is 4.99 Å². The summed E-state index contributed by atoms with van der Waals surface area (Å²) in [5.74, 6) is 0.101. The summed E-state index contributed by atoms with van der Waals surface area (Å²) in [6, 6.07) is 4.94. The van der Waals surface area contributed by atoms with Gasteiger partial charge in [0.05, 0.1) is 25.3 Å². The van der Waals surface area contributed by atoms with Gasteiger partial charge in [0.1, 0.15) is 5.75 Å². The Morgan fingerprint density at radius 1 is 1.54 bits per heavy atom. The number of hydrogen-bond acceptors (Lipinski definition) is 4. The van der Waals surface area contributed by atoms with Crippen molar-refractivity contribution in [3.8, 4) is 5.75 Å². The molecule has 1 fully saturated rings. The van der Waals surface area contributed by atoms with Crippen molar-refractivity contribution < 1.29 is 14.3 Å². The van der Waals surface area contributed by atoms with Crippen molar-refractivity contribution in [2.45, 2.75) is 32.4 Å². The van der Waals surface area contributed by atoms with E-state index in [1.807, 2.05) is 17.7 Å². The average Bonchev–Trinajstić information content (AvgIpc) is 3.18. The highest BCUT2D eigenvalue weighted by molar-refractivity contribution is 7.09. The fourth-order valence-electron chi connectivity index (χ4n) is 2.72. The first-order chi connectivity index (χ1) is 11.6. The largest absolute Gasteiger partial charge is 0.496 e. The highest BCUT2D eigenvalue weighted by atomic mass is 35.5. The molecule has 0 saturated carbocycles. The van der Waals surface area contributed by atoms with Gasteiger partial charge in [-0.1, -0.05) is 11.6 Å². The molecule has 0 bridgehead atoms. The van der Waals surface area contributed by atoms with Crippen LogP contribution in [0.15, 0.2) is 29.4 Å². The zero-order valence-electron chi connectivity index (χ0n) is 13.6. The minimum absolute atomic E-state index is 0.189. The molecule has 0 spiro atoms. The molecule has 1 atom stereocenters. The number of halogens is 1. The summed E-state index contributed by atoms with van der Waals surface area (Å²) in [7, 11) is 1.52.